The van der Waals surface area contributed by atoms with Crippen LogP contribution >= 0.6 is 0 Å². The molecule has 1 fully saturated rings. The second kappa shape index (κ2) is 10.1. The van der Waals surface area contributed by atoms with Gasteiger partial charge in [0.1, 0.15) is 25.4 Å². The minimum atomic E-state index is -0.415. The van der Waals surface area contributed by atoms with Gasteiger partial charge in [0, 0.05) is 32.1 Å². The van der Waals surface area contributed by atoms with E-state index in [4.69, 9.17) is 0 Å². The third-order valence-corrected chi connectivity index (χ3v) is 4.36. The highest BCUT2D eigenvalue weighted by Crippen LogP contribution is 2.18. The van der Waals surface area contributed by atoms with E-state index < -0.39 is 6.61 Å². The molecule has 1 saturated heterocycles. The summed E-state index contributed by atoms with van der Waals surface area (Å²) in [6, 6.07) is 0.144. The van der Waals surface area contributed by atoms with Crippen molar-refractivity contribution in [1.29, 1.82) is 0 Å². The average Bonchev–Trinajstić information content (AvgIpc) is 2.63. The van der Waals surface area contributed by atoms with Crippen LogP contribution in [0.4, 0.5) is 0 Å². The summed E-state index contributed by atoms with van der Waals surface area (Å²) in [6.07, 6.45) is 10.3. The van der Waals surface area contributed by atoms with Crippen LogP contribution < -0.4 is 5.32 Å². The van der Waals surface area contributed by atoms with Gasteiger partial charge in [-0.1, -0.05) is 13.0 Å². The van der Waals surface area contributed by atoms with Gasteiger partial charge in [-0.2, -0.15) is 0 Å². The maximum atomic E-state index is 12.1. The second-order valence-electron chi connectivity index (χ2n) is 6.13. The van der Waals surface area contributed by atoms with Crippen LogP contribution in [0.15, 0.2) is 22.3 Å². The molecule has 2 aliphatic heterocycles. The predicted octanol–water partition coefficient (Wildman–Crippen LogP) is 0.963. The predicted molar refractivity (Wildman–Crippen MR) is 96.0 cm³/mol. The average molecular weight is 335 g/mol. The van der Waals surface area contributed by atoms with Crippen molar-refractivity contribution in [2.24, 2.45) is 9.98 Å². The van der Waals surface area contributed by atoms with Crippen molar-refractivity contribution in [3.8, 4) is 0 Å². The van der Waals surface area contributed by atoms with Gasteiger partial charge in [0.05, 0.1) is 0 Å². The summed E-state index contributed by atoms with van der Waals surface area (Å²) < 4.78 is 0. The molecular formula is C17H29N5O2. The maximum absolute atomic E-state index is 12.1. The van der Waals surface area contributed by atoms with Gasteiger partial charge in [-0.25, -0.2) is 4.99 Å². The number of allylic oxidation sites excluding steroid dienone is 1. The number of amidine groups is 1. The molecule has 2 N–H and O–H groups in total. The normalized spacial score (nSPS) is 24.5. The highest BCUT2D eigenvalue weighted by Gasteiger charge is 2.28. The smallest absolute Gasteiger partial charge is 0.248 e. The van der Waals surface area contributed by atoms with Gasteiger partial charge in [-0.05, 0) is 31.9 Å². The summed E-state index contributed by atoms with van der Waals surface area (Å²) in [7, 11) is 0. The minimum Gasteiger partial charge on any atom is -0.387 e. The fourth-order valence-electron chi connectivity index (χ4n) is 3.22. The third kappa shape index (κ3) is 5.33. The molecule has 1 amide bonds. The van der Waals surface area contributed by atoms with Gasteiger partial charge >= 0.3 is 0 Å². The summed E-state index contributed by atoms with van der Waals surface area (Å²) in [5.41, 5.74) is 0. The van der Waals surface area contributed by atoms with Crippen LogP contribution in [-0.4, -0.2) is 71.9 Å². The van der Waals surface area contributed by atoms with Crippen molar-refractivity contribution in [1.82, 2.24) is 15.1 Å². The molecule has 0 saturated carbocycles. The van der Waals surface area contributed by atoms with Gasteiger partial charge < -0.3 is 20.2 Å². The van der Waals surface area contributed by atoms with Crippen LogP contribution in [-0.2, 0) is 4.79 Å². The number of piperidine rings is 1. The molecule has 0 radical (unpaired) electrons. The summed E-state index contributed by atoms with van der Waals surface area (Å²) in [4.78, 5) is 24.9. The maximum Gasteiger partial charge on any atom is 0.248 e. The first kappa shape index (κ1) is 18.4. The molecule has 1 atom stereocenters. The molecule has 134 valence electrons. The van der Waals surface area contributed by atoms with Gasteiger partial charge in [0.25, 0.3) is 0 Å². The fraction of sp³-hybridized carbons (Fsp3) is 0.706. The van der Waals surface area contributed by atoms with Crippen LogP contribution in [0.5, 0.6) is 0 Å². The quantitative estimate of drug-likeness (QED) is 0.802. The lowest BCUT2D eigenvalue weighted by Crippen LogP contribution is -2.52. The van der Waals surface area contributed by atoms with Crippen molar-refractivity contribution in [3.05, 3.63) is 12.3 Å². The Labute approximate surface area is 144 Å². The SMILES string of the molecule is CCCN(C(=O)CO)C1CCCN(C2=N/C=N\CN/C=C\CC2)C1. The lowest BCUT2D eigenvalue weighted by atomic mass is 10.0. The summed E-state index contributed by atoms with van der Waals surface area (Å²) in [5, 5.41) is 12.3. The standard InChI is InChI=1S/C17H29N5O2/c1-2-9-22(17(24)12-23)15-6-5-10-21(11-15)16-7-3-4-8-18-13-19-14-20-16/h4,8,14-15,18,23H,2-3,5-7,9-13H2,1H3/b8-4-,19-14-,20-16?. The Kier molecular flexibility index (Phi) is 7.74. The first-order chi connectivity index (χ1) is 11.8. The molecule has 7 heteroatoms. The number of rotatable bonds is 4. The Morgan fingerprint density at radius 1 is 1.54 bits per heavy atom. The molecule has 0 aliphatic carbocycles. The molecule has 1 unspecified atom stereocenters. The van der Waals surface area contributed by atoms with Crippen LogP contribution in [0.2, 0.25) is 0 Å². The molecule has 2 aliphatic rings. The summed E-state index contributed by atoms with van der Waals surface area (Å²) >= 11 is 0. The van der Waals surface area contributed by atoms with E-state index in [1.165, 1.54) is 0 Å². The molecule has 0 spiro atoms. The monoisotopic (exact) mass is 335 g/mol. The van der Waals surface area contributed by atoms with Gasteiger partial charge in [0.15, 0.2) is 0 Å². The number of nitrogens with one attached hydrogen (secondary N) is 1. The van der Waals surface area contributed by atoms with E-state index in [2.05, 4.69) is 33.2 Å². The number of likely N-dealkylation sites (tertiary alicyclic amines) is 1. The number of aliphatic hydroxyl groups excluding tert-OH is 1. The molecule has 0 aromatic rings. The van der Waals surface area contributed by atoms with E-state index in [9.17, 15) is 9.90 Å². The number of hydrogen-bond acceptors (Lipinski definition) is 6. The van der Waals surface area contributed by atoms with E-state index in [0.717, 1.165) is 51.0 Å². The molecule has 7 nitrogen and oxygen atoms in total. The molecule has 0 bridgehead atoms. The van der Waals surface area contributed by atoms with Crippen molar-refractivity contribution in [3.63, 3.8) is 0 Å². The van der Waals surface area contributed by atoms with Gasteiger partial charge in [0.2, 0.25) is 5.91 Å². The van der Waals surface area contributed by atoms with Crippen LogP contribution in [0.1, 0.15) is 39.0 Å². The van der Waals surface area contributed by atoms with Gasteiger partial charge in [-0.3, -0.25) is 9.79 Å². The third-order valence-electron chi connectivity index (χ3n) is 4.36. The van der Waals surface area contributed by atoms with E-state index in [1.54, 1.807) is 6.34 Å². The first-order valence-corrected chi connectivity index (χ1v) is 8.85. The molecular weight excluding hydrogens is 306 g/mol. The Morgan fingerprint density at radius 3 is 3.21 bits per heavy atom. The molecule has 2 heterocycles. The van der Waals surface area contributed by atoms with Crippen LogP contribution in [0, 0.1) is 0 Å². The van der Waals surface area contributed by atoms with Crippen molar-refractivity contribution >= 4 is 18.1 Å². The Bertz CT molecular complexity index is 489. The number of aliphatic imine (C=N–C) groups is 2. The largest absolute Gasteiger partial charge is 0.387 e. The van der Waals surface area contributed by atoms with Gasteiger partial charge in [-0.15, -0.1) is 0 Å². The Hall–Kier alpha value is -1.89. The Balaban J connectivity index is 2.07. The van der Waals surface area contributed by atoms with Crippen LogP contribution in [0.25, 0.3) is 0 Å². The highest BCUT2D eigenvalue weighted by molar-refractivity contribution is 5.89. The number of hydrogen-bond donors (Lipinski definition) is 2. The zero-order valence-electron chi connectivity index (χ0n) is 14.5. The van der Waals surface area contributed by atoms with E-state index in [0.29, 0.717) is 13.2 Å². The summed E-state index contributed by atoms with van der Waals surface area (Å²) in [6.45, 7) is 4.60. The lowest BCUT2D eigenvalue weighted by molar-refractivity contribution is -0.137. The number of carbonyl (C=O) groups is 1. The zero-order chi connectivity index (χ0) is 17.2. The van der Waals surface area contributed by atoms with Crippen molar-refractivity contribution < 1.29 is 9.90 Å². The lowest BCUT2D eigenvalue weighted by Gasteiger charge is -2.40. The highest BCUT2D eigenvalue weighted by atomic mass is 16.3. The molecule has 0 aromatic carbocycles. The molecule has 2 rings (SSSR count). The first-order valence-electron chi connectivity index (χ1n) is 8.85. The fourth-order valence-corrected chi connectivity index (χ4v) is 3.22. The summed E-state index contributed by atoms with van der Waals surface area (Å²) in [5.74, 6) is 0.857. The zero-order valence-corrected chi connectivity index (χ0v) is 14.5. The number of amides is 1. The number of carbonyl (C=O) groups excluding carboxylic acids is 1. The van der Waals surface area contributed by atoms with Crippen LogP contribution in [0.3, 0.4) is 0 Å². The van der Waals surface area contributed by atoms with E-state index >= 15 is 0 Å². The van der Waals surface area contributed by atoms with Crippen molar-refractivity contribution in [2.45, 2.75) is 45.1 Å². The minimum absolute atomic E-state index is 0.144. The molecule has 24 heavy (non-hydrogen) atoms. The van der Waals surface area contributed by atoms with E-state index in [-0.39, 0.29) is 11.9 Å². The number of nitrogens with zero attached hydrogens (tertiary/aromatic N) is 4. The van der Waals surface area contributed by atoms with E-state index in [1.807, 2.05) is 11.1 Å². The number of aliphatic hydroxyl groups is 1. The topological polar surface area (TPSA) is 80.5 Å². The second-order valence-corrected chi connectivity index (χ2v) is 6.13. The molecule has 0 aromatic heterocycles. The Morgan fingerprint density at radius 2 is 2.42 bits per heavy atom. The van der Waals surface area contributed by atoms with Crippen molar-refractivity contribution in [2.75, 3.05) is 32.9 Å².